The second kappa shape index (κ2) is 7.96. The van der Waals surface area contributed by atoms with Crippen molar-refractivity contribution in [1.82, 2.24) is 9.88 Å². The molecule has 0 spiro atoms. The molecule has 1 aliphatic heterocycles. The highest BCUT2D eigenvalue weighted by atomic mass is 16.2. The Morgan fingerprint density at radius 1 is 0.812 bits per heavy atom. The quantitative estimate of drug-likeness (QED) is 0.487. The van der Waals surface area contributed by atoms with Crippen molar-refractivity contribution < 1.29 is 14.4 Å². The average Bonchev–Trinajstić information content (AvgIpc) is 3.01. The molecule has 32 heavy (non-hydrogen) atoms. The molecule has 4 amide bonds. The Morgan fingerprint density at radius 2 is 1.53 bits per heavy atom. The molecule has 0 atom stereocenters. The van der Waals surface area contributed by atoms with Gasteiger partial charge in [-0.2, -0.15) is 0 Å². The van der Waals surface area contributed by atoms with E-state index in [-0.39, 0.29) is 5.57 Å². The molecular weight excluding hydrogens is 402 g/mol. The smallest absolute Gasteiger partial charge is 0.318 e. The number of carbonyl (C=O) groups excluding carboxylic acids is 3. The van der Waals surface area contributed by atoms with Gasteiger partial charge >= 0.3 is 6.03 Å². The first kappa shape index (κ1) is 21.3. The van der Waals surface area contributed by atoms with Crippen LogP contribution in [0.15, 0.2) is 54.1 Å². The van der Waals surface area contributed by atoms with Gasteiger partial charge < -0.3 is 4.57 Å². The predicted octanol–water partition coefficient (Wildman–Crippen LogP) is 4.69. The van der Waals surface area contributed by atoms with E-state index in [1.807, 2.05) is 71.0 Å². The van der Waals surface area contributed by atoms with Crippen molar-refractivity contribution in [2.75, 3.05) is 4.90 Å². The number of imide groups is 2. The van der Waals surface area contributed by atoms with Crippen molar-refractivity contribution in [2.45, 2.75) is 34.6 Å². The molecule has 3 aromatic rings. The van der Waals surface area contributed by atoms with Crippen LogP contribution in [-0.4, -0.2) is 22.4 Å². The molecule has 162 valence electrons. The van der Waals surface area contributed by atoms with Gasteiger partial charge in [0.15, 0.2) is 0 Å². The number of amides is 4. The maximum Gasteiger partial charge on any atom is 0.335 e. The number of benzene rings is 2. The van der Waals surface area contributed by atoms with E-state index in [9.17, 15) is 14.4 Å². The van der Waals surface area contributed by atoms with Gasteiger partial charge in [0.25, 0.3) is 11.8 Å². The van der Waals surface area contributed by atoms with Crippen LogP contribution in [0.5, 0.6) is 0 Å². The lowest BCUT2D eigenvalue weighted by Gasteiger charge is -2.26. The normalized spacial score (nSPS) is 15.5. The van der Waals surface area contributed by atoms with Crippen molar-refractivity contribution >= 4 is 29.6 Å². The molecule has 1 aromatic heterocycles. The van der Waals surface area contributed by atoms with Crippen molar-refractivity contribution in [3.8, 4) is 5.69 Å². The van der Waals surface area contributed by atoms with Gasteiger partial charge in [-0.1, -0.05) is 24.3 Å². The van der Waals surface area contributed by atoms with E-state index in [2.05, 4.69) is 9.88 Å². The van der Waals surface area contributed by atoms with Gasteiger partial charge in [-0.3, -0.25) is 14.9 Å². The molecule has 1 fully saturated rings. The lowest BCUT2D eigenvalue weighted by atomic mass is 10.1. The standard InChI is InChI=1S/C26H25N3O3/c1-15-10-11-21(12-17(15)3)29-25(31)22(24(30)27-26(29)32)14-20-13-18(4)28(19(20)5)23-9-7-6-8-16(23)2/h6-14H,1-5H3,(H,27,30,32)/b22-14+. The molecule has 1 aliphatic rings. The Balaban J connectivity index is 1.78. The van der Waals surface area contributed by atoms with Crippen LogP contribution in [0.3, 0.4) is 0 Å². The van der Waals surface area contributed by atoms with Crippen LogP contribution in [-0.2, 0) is 9.59 Å². The summed E-state index contributed by atoms with van der Waals surface area (Å²) in [7, 11) is 0. The third kappa shape index (κ3) is 3.54. The Morgan fingerprint density at radius 3 is 2.22 bits per heavy atom. The van der Waals surface area contributed by atoms with Crippen molar-refractivity contribution in [3.05, 3.63) is 87.7 Å². The van der Waals surface area contributed by atoms with E-state index in [0.29, 0.717) is 5.69 Å². The SMILES string of the molecule is Cc1ccc(N2C(=O)NC(=O)/C(=C\c3cc(C)n(-c4ccccc4C)c3C)C2=O)cc1C. The number of nitrogens with one attached hydrogen (secondary N) is 1. The molecule has 4 rings (SSSR count). The van der Waals surface area contributed by atoms with E-state index in [1.54, 1.807) is 18.2 Å². The fourth-order valence-electron chi connectivity index (χ4n) is 4.03. The second-order valence-corrected chi connectivity index (χ2v) is 8.17. The highest BCUT2D eigenvalue weighted by Gasteiger charge is 2.37. The number of anilines is 1. The Kier molecular flexibility index (Phi) is 5.30. The number of aromatic nitrogens is 1. The summed E-state index contributed by atoms with van der Waals surface area (Å²) in [6.07, 6.45) is 1.56. The Hall–Kier alpha value is -3.93. The molecule has 0 saturated carbocycles. The van der Waals surface area contributed by atoms with Crippen molar-refractivity contribution in [1.29, 1.82) is 0 Å². The molecule has 6 nitrogen and oxygen atoms in total. The highest BCUT2D eigenvalue weighted by molar-refractivity contribution is 6.39. The fraction of sp³-hybridized carbons (Fsp3) is 0.192. The number of nitrogens with zero attached hydrogens (tertiary/aromatic N) is 2. The average molecular weight is 428 g/mol. The number of hydrogen-bond donors (Lipinski definition) is 1. The monoisotopic (exact) mass is 427 g/mol. The van der Waals surface area contributed by atoms with E-state index in [0.717, 1.165) is 44.2 Å². The summed E-state index contributed by atoms with van der Waals surface area (Å²) >= 11 is 0. The summed E-state index contributed by atoms with van der Waals surface area (Å²) in [5, 5.41) is 2.30. The van der Waals surface area contributed by atoms with Crippen LogP contribution in [0, 0.1) is 34.6 Å². The number of hydrogen-bond acceptors (Lipinski definition) is 3. The van der Waals surface area contributed by atoms with E-state index < -0.39 is 17.8 Å². The fourth-order valence-corrected chi connectivity index (χ4v) is 4.03. The van der Waals surface area contributed by atoms with Gasteiger partial charge in [0.05, 0.1) is 5.69 Å². The van der Waals surface area contributed by atoms with Crippen molar-refractivity contribution in [2.24, 2.45) is 0 Å². The Bertz CT molecular complexity index is 1310. The number of para-hydroxylation sites is 1. The summed E-state index contributed by atoms with van der Waals surface area (Å²) < 4.78 is 2.10. The number of barbiturate groups is 1. The van der Waals surface area contributed by atoms with Gasteiger partial charge in [0, 0.05) is 17.1 Å². The largest absolute Gasteiger partial charge is 0.335 e. The number of carbonyl (C=O) groups is 3. The molecule has 1 N–H and O–H groups in total. The molecule has 0 unspecified atom stereocenters. The van der Waals surface area contributed by atoms with Crippen LogP contribution in [0.1, 0.15) is 33.6 Å². The minimum Gasteiger partial charge on any atom is -0.318 e. The van der Waals surface area contributed by atoms with E-state index in [4.69, 9.17) is 0 Å². The van der Waals surface area contributed by atoms with E-state index in [1.165, 1.54) is 0 Å². The summed E-state index contributed by atoms with van der Waals surface area (Å²) in [6.45, 7) is 9.83. The first-order valence-electron chi connectivity index (χ1n) is 10.4. The van der Waals surface area contributed by atoms with Crippen molar-refractivity contribution in [3.63, 3.8) is 0 Å². The van der Waals surface area contributed by atoms with Gasteiger partial charge in [0.1, 0.15) is 5.57 Å². The maximum atomic E-state index is 13.2. The molecule has 0 radical (unpaired) electrons. The Labute approximate surface area is 187 Å². The first-order chi connectivity index (χ1) is 15.2. The zero-order chi connectivity index (χ0) is 23.2. The molecule has 6 heteroatoms. The molecule has 0 bridgehead atoms. The summed E-state index contributed by atoms with van der Waals surface area (Å²) in [5.41, 5.74) is 7.14. The van der Waals surface area contributed by atoms with Crippen LogP contribution in [0.25, 0.3) is 11.8 Å². The third-order valence-corrected chi connectivity index (χ3v) is 5.98. The van der Waals surface area contributed by atoms with Crippen LogP contribution < -0.4 is 10.2 Å². The van der Waals surface area contributed by atoms with Gasteiger partial charge in [-0.25, -0.2) is 9.69 Å². The van der Waals surface area contributed by atoms with Gasteiger partial charge in [0.2, 0.25) is 0 Å². The summed E-state index contributed by atoms with van der Waals surface area (Å²) in [4.78, 5) is 39.3. The first-order valence-corrected chi connectivity index (χ1v) is 10.4. The minimum atomic E-state index is -0.745. The minimum absolute atomic E-state index is 0.0761. The zero-order valence-corrected chi connectivity index (χ0v) is 18.8. The van der Waals surface area contributed by atoms with Gasteiger partial charge in [-0.15, -0.1) is 0 Å². The molecular formula is C26H25N3O3. The summed E-state index contributed by atoms with van der Waals surface area (Å²) in [5.74, 6) is -1.33. The number of rotatable bonds is 3. The highest BCUT2D eigenvalue weighted by Crippen LogP contribution is 2.27. The molecule has 2 aromatic carbocycles. The molecule has 2 heterocycles. The third-order valence-electron chi connectivity index (χ3n) is 5.98. The number of aryl methyl sites for hydroxylation is 4. The maximum absolute atomic E-state index is 13.2. The second-order valence-electron chi connectivity index (χ2n) is 8.17. The molecule has 1 saturated heterocycles. The zero-order valence-electron chi connectivity index (χ0n) is 18.8. The number of urea groups is 1. The van der Waals surface area contributed by atoms with Crippen LogP contribution in [0.4, 0.5) is 10.5 Å². The van der Waals surface area contributed by atoms with E-state index >= 15 is 0 Å². The summed E-state index contributed by atoms with van der Waals surface area (Å²) in [6, 6.07) is 14.5. The lowest BCUT2D eigenvalue weighted by Crippen LogP contribution is -2.54. The lowest BCUT2D eigenvalue weighted by molar-refractivity contribution is -0.122. The van der Waals surface area contributed by atoms with Crippen LogP contribution in [0.2, 0.25) is 0 Å². The van der Waals surface area contributed by atoms with Crippen LogP contribution >= 0.6 is 0 Å². The predicted molar refractivity (Wildman–Crippen MR) is 125 cm³/mol. The van der Waals surface area contributed by atoms with Gasteiger partial charge in [-0.05, 0) is 87.2 Å². The molecule has 0 aliphatic carbocycles. The topological polar surface area (TPSA) is 71.4 Å².